The molecule has 0 saturated carbocycles. The maximum absolute atomic E-state index is 11.7. The van der Waals surface area contributed by atoms with E-state index in [0.29, 0.717) is 5.69 Å². The number of sulfonamides is 1. The van der Waals surface area contributed by atoms with Crippen molar-refractivity contribution in [3.05, 3.63) is 10.2 Å². The van der Waals surface area contributed by atoms with Crippen molar-refractivity contribution in [2.75, 3.05) is 6.54 Å². The Hall–Kier alpha value is -0.210. The van der Waals surface area contributed by atoms with Crippen molar-refractivity contribution < 1.29 is 13.5 Å². The number of aliphatic hydroxyl groups is 1. The van der Waals surface area contributed by atoms with Crippen LogP contribution in [0.2, 0.25) is 4.47 Å². The Morgan fingerprint density at radius 3 is 2.67 bits per heavy atom. The third-order valence-corrected chi connectivity index (χ3v) is 4.84. The normalized spacial score (nSPS) is 14.1. The molecule has 86 valence electrons. The maximum atomic E-state index is 11.7. The predicted molar refractivity (Wildman–Crippen MR) is 58.7 cm³/mol. The number of halogens is 1. The van der Waals surface area contributed by atoms with Crippen LogP contribution in [0, 0.1) is 6.92 Å². The Morgan fingerprint density at radius 2 is 2.27 bits per heavy atom. The van der Waals surface area contributed by atoms with Gasteiger partial charge in [0.05, 0.1) is 11.8 Å². The van der Waals surface area contributed by atoms with Gasteiger partial charge in [-0.05, 0) is 13.8 Å². The molecule has 0 bridgehead atoms. The molecule has 0 aliphatic rings. The Morgan fingerprint density at radius 1 is 1.67 bits per heavy atom. The lowest BCUT2D eigenvalue weighted by molar-refractivity contribution is 0.198. The summed E-state index contributed by atoms with van der Waals surface area (Å²) in [4.78, 5) is 3.81. The molecule has 0 radical (unpaired) electrons. The van der Waals surface area contributed by atoms with E-state index in [1.54, 1.807) is 6.92 Å². The molecular weight excluding hydrogens is 260 g/mol. The largest absolute Gasteiger partial charge is 0.392 e. The molecule has 1 unspecified atom stereocenters. The van der Waals surface area contributed by atoms with Gasteiger partial charge in [-0.15, -0.1) is 0 Å². The smallest absolute Gasteiger partial charge is 0.252 e. The highest BCUT2D eigenvalue weighted by atomic mass is 35.5. The zero-order valence-corrected chi connectivity index (χ0v) is 10.6. The van der Waals surface area contributed by atoms with Crippen LogP contribution in [-0.2, 0) is 10.0 Å². The van der Waals surface area contributed by atoms with Crippen LogP contribution >= 0.6 is 22.9 Å². The van der Waals surface area contributed by atoms with Gasteiger partial charge in [0.25, 0.3) is 10.0 Å². The Bertz CT molecular complexity index is 441. The van der Waals surface area contributed by atoms with Crippen molar-refractivity contribution in [2.24, 2.45) is 0 Å². The molecule has 5 nitrogen and oxygen atoms in total. The van der Waals surface area contributed by atoms with Crippen LogP contribution < -0.4 is 4.72 Å². The molecule has 2 N–H and O–H groups in total. The lowest BCUT2D eigenvalue weighted by Crippen LogP contribution is -2.30. The average molecular weight is 271 g/mol. The number of rotatable bonds is 4. The first-order chi connectivity index (χ1) is 6.83. The highest BCUT2D eigenvalue weighted by Gasteiger charge is 2.21. The Labute approximate surface area is 97.2 Å². The van der Waals surface area contributed by atoms with Crippen LogP contribution in [-0.4, -0.2) is 31.2 Å². The van der Waals surface area contributed by atoms with E-state index in [2.05, 4.69) is 9.71 Å². The van der Waals surface area contributed by atoms with Gasteiger partial charge < -0.3 is 5.11 Å². The molecule has 0 aliphatic carbocycles. The molecule has 0 aliphatic heterocycles. The number of nitrogens with one attached hydrogen (secondary N) is 1. The van der Waals surface area contributed by atoms with Gasteiger partial charge in [0.2, 0.25) is 0 Å². The van der Waals surface area contributed by atoms with E-state index in [0.717, 1.165) is 11.3 Å². The van der Waals surface area contributed by atoms with E-state index < -0.39 is 16.1 Å². The van der Waals surface area contributed by atoms with E-state index in [4.69, 9.17) is 16.7 Å². The molecular formula is C7H11ClN2O3S2. The number of hydrogen-bond donors (Lipinski definition) is 2. The average Bonchev–Trinajstić information content (AvgIpc) is 2.43. The first-order valence-electron chi connectivity index (χ1n) is 4.13. The molecule has 1 heterocycles. The third-order valence-electron chi connectivity index (χ3n) is 1.54. The standard InChI is InChI=1S/C7H11ClN2O3S2/c1-4(11)3-9-15(12,13)6-5(2)10-7(8)14-6/h4,9,11H,3H2,1-2H3. The molecule has 0 amide bonds. The molecule has 1 aromatic heterocycles. The number of thiazole rings is 1. The first kappa shape index (κ1) is 12.9. The van der Waals surface area contributed by atoms with Gasteiger partial charge in [-0.25, -0.2) is 18.1 Å². The van der Waals surface area contributed by atoms with Crippen molar-refractivity contribution >= 4 is 33.0 Å². The Kier molecular flexibility index (Phi) is 4.07. The second-order valence-corrected chi connectivity index (χ2v) is 6.58. The summed E-state index contributed by atoms with van der Waals surface area (Å²) in [6.07, 6.45) is -0.733. The molecule has 0 aromatic carbocycles. The van der Waals surface area contributed by atoms with Crippen LogP contribution in [0.15, 0.2) is 4.21 Å². The number of hydrogen-bond acceptors (Lipinski definition) is 5. The molecule has 8 heteroatoms. The van der Waals surface area contributed by atoms with Crippen LogP contribution in [0.25, 0.3) is 0 Å². The van der Waals surface area contributed by atoms with E-state index >= 15 is 0 Å². The summed E-state index contributed by atoms with van der Waals surface area (Å²) in [7, 11) is -3.60. The molecule has 0 fully saturated rings. The summed E-state index contributed by atoms with van der Waals surface area (Å²) in [5.74, 6) is 0. The highest BCUT2D eigenvalue weighted by molar-refractivity contribution is 7.91. The van der Waals surface area contributed by atoms with Gasteiger partial charge in [0.1, 0.15) is 0 Å². The summed E-state index contributed by atoms with van der Waals surface area (Å²) < 4.78 is 25.9. The third kappa shape index (κ3) is 3.39. The minimum atomic E-state index is -3.60. The van der Waals surface area contributed by atoms with Gasteiger partial charge in [0.15, 0.2) is 8.68 Å². The van der Waals surface area contributed by atoms with Crippen molar-refractivity contribution in [2.45, 2.75) is 24.2 Å². The fraction of sp³-hybridized carbons (Fsp3) is 0.571. The van der Waals surface area contributed by atoms with Crippen molar-refractivity contribution in [1.29, 1.82) is 0 Å². The minimum Gasteiger partial charge on any atom is -0.392 e. The predicted octanol–water partition coefficient (Wildman–Crippen LogP) is 0.764. The fourth-order valence-corrected chi connectivity index (χ4v) is 3.80. The summed E-state index contributed by atoms with van der Waals surface area (Å²) in [5, 5.41) is 8.97. The van der Waals surface area contributed by atoms with E-state index in [1.807, 2.05) is 0 Å². The zero-order chi connectivity index (χ0) is 11.6. The van der Waals surface area contributed by atoms with E-state index in [-0.39, 0.29) is 15.2 Å². The van der Waals surface area contributed by atoms with E-state index in [9.17, 15) is 8.42 Å². The fourth-order valence-electron chi connectivity index (χ4n) is 0.896. The van der Waals surface area contributed by atoms with Crippen LogP contribution in [0.5, 0.6) is 0 Å². The van der Waals surface area contributed by atoms with Crippen LogP contribution in [0.1, 0.15) is 12.6 Å². The van der Waals surface area contributed by atoms with Gasteiger partial charge in [-0.2, -0.15) is 0 Å². The number of aryl methyl sites for hydroxylation is 1. The van der Waals surface area contributed by atoms with Gasteiger partial charge in [0, 0.05) is 6.54 Å². The van der Waals surface area contributed by atoms with Crippen LogP contribution in [0.4, 0.5) is 0 Å². The molecule has 0 saturated heterocycles. The number of aliphatic hydroxyl groups excluding tert-OH is 1. The van der Waals surface area contributed by atoms with Crippen molar-refractivity contribution in [3.63, 3.8) is 0 Å². The molecule has 1 rings (SSSR count). The summed E-state index contributed by atoms with van der Waals surface area (Å²) in [6.45, 7) is 3.03. The van der Waals surface area contributed by atoms with Crippen molar-refractivity contribution in [1.82, 2.24) is 9.71 Å². The van der Waals surface area contributed by atoms with Crippen molar-refractivity contribution in [3.8, 4) is 0 Å². The topological polar surface area (TPSA) is 79.3 Å². The van der Waals surface area contributed by atoms with Gasteiger partial charge >= 0.3 is 0 Å². The Balaban J connectivity index is 2.91. The first-order valence-corrected chi connectivity index (χ1v) is 6.81. The van der Waals surface area contributed by atoms with Gasteiger partial charge in [-0.3, -0.25) is 0 Å². The quantitative estimate of drug-likeness (QED) is 0.847. The second kappa shape index (κ2) is 4.75. The lowest BCUT2D eigenvalue weighted by atomic mass is 10.4. The van der Waals surface area contributed by atoms with E-state index in [1.165, 1.54) is 6.92 Å². The zero-order valence-electron chi connectivity index (χ0n) is 8.19. The highest BCUT2D eigenvalue weighted by Crippen LogP contribution is 2.26. The minimum absolute atomic E-state index is 0.0305. The molecule has 1 atom stereocenters. The maximum Gasteiger partial charge on any atom is 0.252 e. The summed E-state index contributed by atoms with van der Waals surface area (Å²) in [5.41, 5.74) is 0.364. The summed E-state index contributed by atoms with van der Waals surface area (Å²) in [6, 6.07) is 0. The summed E-state index contributed by atoms with van der Waals surface area (Å²) >= 11 is 6.50. The van der Waals surface area contributed by atoms with Crippen LogP contribution in [0.3, 0.4) is 0 Å². The molecule has 15 heavy (non-hydrogen) atoms. The number of nitrogens with zero attached hydrogens (tertiary/aromatic N) is 1. The second-order valence-electron chi connectivity index (χ2n) is 3.04. The molecule has 1 aromatic rings. The monoisotopic (exact) mass is 270 g/mol. The SMILES string of the molecule is Cc1nc(Cl)sc1S(=O)(=O)NCC(C)O. The van der Waals surface area contributed by atoms with Gasteiger partial charge in [-0.1, -0.05) is 22.9 Å². The number of aromatic nitrogens is 1. The molecule has 0 spiro atoms. The lowest BCUT2D eigenvalue weighted by Gasteiger charge is -2.06.